The number of hydrogen-bond acceptors (Lipinski definition) is 6. The van der Waals surface area contributed by atoms with E-state index in [4.69, 9.17) is 0 Å². The van der Waals surface area contributed by atoms with Crippen molar-refractivity contribution >= 4 is 35.0 Å². The first-order valence-electron chi connectivity index (χ1n) is 8.85. The highest BCUT2D eigenvalue weighted by Crippen LogP contribution is 2.56. The molecule has 1 N–H and O–H groups in total. The van der Waals surface area contributed by atoms with Crippen molar-refractivity contribution in [1.29, 1.82) is 0 Å². The van der Waals surface area contributed by atoms with Gasteiger partial charge in [0.1, 0.15) is 6.33 Å². The lowest BCUT2D eigenvalue weighted by Gasteiger charge is -2.30. The van der Waals surface area contributed by atoms with Gasteiger partial charge in [0, 0.05) is 17.0 Å². The summed E-state index contributed by atoms with van der Waals surface area (Å²) in [6.45, 7) is 1.92. The number of amides is 2. The van der Waals surface area contributed by atoms with Gasteiger partial charge in [-0.3, -0.25) is 14.5 Å². The van der Waals surface area contributed by atoms with E-state index in [-0.39, 0.29) is 11.8 Å². The average molecular weight is 392 g/mol. The van der Waals surface area contributed by atoms with Crippen LogP contribution >= 0.6 is 11.8 Å². The van der Waals surface area contributed by atoms with Crippen LogP contribution in [-0.2, 0) is 9.59 Å². The third-order valence-electron chi connectivity index (χ3n) is 5.11. The summed E-state index contributed by atoms with van der Waals surface area (Å²) in [6, 6.07) is 13.3. The van der Waals surface area contributed by atoms with E-state index >= 15 is 0 Å². The van der Waals surface area contributed by atoms with Crippen LogP contribution in [0.2, 0.25) is 0 Å². The SMILES string of the molecule is Cc1ccc(-n2cnnn2)cc1NC(=O)C12CCC(=O)N1c1ccccc1S2. The summed E-state index contributed by atoms with van der Waals surface area (Å²) in [7, 11) is 0. The van der Waals surface area contributed by atoms with Gasteiger partial charge in [0.05, 0.1) is 11.4 Å². The molecule has 0 radical (unpaired) electrons. The Balaban J connectivity index is 1.50. The van der Waals surface area contributed by atoms with Crippen molar-refractivity contribution in [3.63, 3.8) is 0 Å². The summed E-state index contributed by atoms with van der Waals surface area (Å²) in [4.78, 5) is 27.6. The van der Waals surface area contributed by atoms with E-state index in [1.165, 1.54) is 22.8 Å². The van der Waals surface area contributed by atoms with Crippen LogP contribution in [0.3, 0.4) is 0 Å². The Bertz CT molecular complexity index is 1100. The van der Waals surface area contributed by atoms with Crippen LogP contribution in [0.1, 0.15) is 18.4 Å². The summed E-state index contributed by atoms with van der Waals surface area (Å²) in [5.41, 5.74) is 3.13. The third-order valence-corrected chi connectivity index (χ3v) is 6.59. The number of carbonyl (C=O) groups excluding carboxylic acids is 2. The van der Waals surface area contributed by atoms with Gasteiger partial charge in [-0.1, -0.05) is 30.0 Å². The molecule has 0 saturated carbocycles. The number of hydrogen-bond donors (Lipinski definition) is 1. The second-order valence-electron chi connectivity index (χ2n) is 6.79. The molecular formula is C19H16N6O2S. The lowest BCUT2D eigenvalue weighted by atomic mass is 10.1. The largest absolute Gasteiger partial charge is 0.323 e. The normalized spacial score (nSPS) is 20.2. The number of rotatable bonds is 3. The van der Waals surface area contributed by atoms with E-state index in [9.17, 15) is 9.59 Å². The first kappa shape index (κ1) is 16.9. The Hall–Kier alpha value is -3.20. The number of benzene rings is 2. The maximum atomic E-state index is 13.4. The van der Waals surface area contributed by atoms with E-state index in [2.05, 4.69) is 20.8 Å². The highest BCUT2D eigenvalue weighted by Gasteiger charge is 2.57. The first-order chi connectivity index (χ1) is 13.6. The number of para-hydroxylation sites is 1. The summed E-state index contributed by atoms with van der Waals surface area (Å²) >= 11 is 1.45. The van der Waals surface area contributed by atoms with E-state index in [0.29, 0.717) is 18.5 Å². The molecule has 0 bridgehead atoms. The lowest BCUT2D eigenvalue weighted by molar-refractivity contribution is -0.121. The maximum Gasteiger partial charge on any atom is 0.261 e. The monoisotopic (exact) mass is 392 g/mol. The number of anilines is 2. The van der Waals surface area contributed by atoms with Gasteiger partial charge in [0.25, 0.3) is 5.91 Å². The molecule has 2 amide bonds. The first-order valence-corrected chi connectivity index (χ1v) is 9.67. The molecule has 9 heteroatoms. The average Bonchev–Trinajstić information content (AvgIpc) is 3.40. The molecule has 3 aromatic rings. The van der Waals surface area contributed by atoms with Crippen molar-refractivity contribution < 1.29 is 9.59 Å². The molecule has 0 spiro atoms. The summed E-state index contributed by atoms with van der Waals surface area (Å²) < 4.78 is 1.53. The number of aromatic nitrogens is 4. The molecule has 28 heavy (non-hydrogen) atoms. The van der Waals surface area contributed by atoms with Crippen LogP contribution in [0.5, 0.6) is 0 Å². The van der Waals surface area contributed by atoms with Crippen molar-refractivity contribution in [3.05, 3.63) is 54.4 Å². The number of tetrazole rings is 1. The fraction of sp³-hybridized carbons (Fsp3) is 0.211. The number of nitrogens with one attached hydrogen (secondary N) is 1. The van der Waals surface area contributed by atoms with Crippen LogP contribution in [0, 0.1) is 6.92 Å². The van der Waals surface area contributed by atoms with Gasteiger partial charge in [0.2, 0.25) is 5.91 Å². The quantitative estimate of drug-likeness (QED) is 0.736. The number of fused-ring (bicyclic) bond motifs is 3. The van der Waals surface area contributed by atoms with Gasteiger partial charge < -0.3 is 5.32 Å². The van der Waals surface area contributed by atoms with Gasteiger partial charge in [-0.2, -0.15) is 0 Å². The minimum Gasteiger partial charge on any atom is -0.323 e. The highest BCUT2D eigenvalue weighted by atomic mass is 32.2. The zero-order chi connectivity index (χ0) is 19.3. The summed E-state index contributed by atoms with van der Waals surface area (Å²) in [6.07, 6.45) is 2.33. The van der Waals surface area contributed by atoms with Gasteiger partial charge >= 0.3 is 0 Å². The molecule has 0 aliphatic carbocycles. The van der Waals surface area contributed by atoms with Gasteiger partial charge in [-0.25, -0.2) is 4.68 Å². The van der Waals surface area contributed by atoms with Crippen molar-refractivity contribution in [1.82, 2.24) is 20.2 Å². The van der Waals surface area contributed by atoms with E-state index < -0.39 is 4.87 Å². The molecule has 5 rings (SSSR count). The molecule has 2 aliphatic rings. The molecule has 1 atom stereocenters. The number of carbonyl (C=O) groups is 2. The molecule has 140 valence electrons. The standard InChI is InChI=1S/C19H16N6O2S/c1-12-6-7-13(24-11-20-22-23-24)10-14(12)21-18(27)19-9-8-17(26)25(19)15-4-2-3-5-16(15)28-19/h2-7,10-11H,8-9H2,1H3,(H,21,27). The number of thioether (sulfide) groups is 1. The highest BCUT2D eigenvalue weighted by molar-refractivity contribution is 8.02. The Kier molecular flexibility index (Phi) is 3.73. The maximum absolute atomic E-state index is 13.4. The molecule has 1 unspecified atom stereocenters. The second kappa shape index (κ2) is 6.16. The predicted octanol–water partition coefficient (Wildman–Crippen LogP) is 2.54. The minimum absolute atomic E-state index is 0.0215. The molecule has 8 nitrogen and oxygen atoms in total. The van der Waals surface area contributed by atoms with Crippen LogP contribution in [0.4, 0.5) is 11.4 Å². The van der Waals surface area contributed by atoms with Gasteiger partial charge in [-0.05, 0) is 53.6 Å². The summed E-state index contributed by atoms with van der Waals surface area (Å²) in [5, 5.41) is 14.2. The molecule has 1 saturated heterocycles. The number of aryl methyl sites for hydroxylation is 1. The molecule has 1 aromatic heterocycles. The topological polar surface area (TPSA) is 93.0 Å². The van der Waals surface area contributed by atoms with Gasteiger partial charge in [-0.15, -0.1) is 5.10 Å². The minimum atomic E-state index is -0.946. The number of nitrogens with zero attached hydrogens (tertiary/aromatic N) is 5. The van der Waals surface area contributed by atoms with E-state index in [0.717, 1.165) is 21.8 Å². The second-order valence-corrected chi connectivity index (χ2v) is 8.11. The molecule has 2 aliphatic heterocycles. The van der Waals surface area contributed by atoms with E-state index in [1.807, 2.05) is 49.4 Å². The van der Waals surface area contributed by atoms with Gasteiger partial charge in [0.15, 0.2) is 4.87 Å². The van der Waals surface area contributed by atoms with Crippen molar-refractivity contribution in [2.75, 3.05) is 10.2 Å². The Morgan fingerprint density at radius 3 is 2.93 bits per heavy atom. The molecule has 2 aromatic carbocycles. The van der Waals surface area contributed by atoms with Crippen LogP contribution in [-0.4, -0.2) is 36.9 Å². The Labute approximate surface area is 164 Å². The van der Waals surface area contributed by atoms with Crippen molar-refractivity contribution in [2.24, 2.45) is 0 Å². The van der Waals surface area contributed by atoms with Crippen LogP contribution in [0.25, 0.3) is 5.69 Å². The Morgan fingerprint density at radius 2 is 2.11 bits per heavy atom. The fourth-order valence-electron chi connectivity index (χ4n) is 3.69. The lowest BCUT2D eigenvalue weighted by Crippen LogP contribution is -2.49. The van der Waals surface area contributed by atoms with Crippen LogP contribution in [0.15, 0.2) is 53.7 Å². The predicted molar refractivity (Wildman–Crippen MR) is 104 cm³/mol. The molecule has 3 heterocycles. The zero-order valence-corrected chi connectivity index (χ0v) is 15.8. The van der Waals surface area contributed by atoms with E-state index in [1.54, 1.807) is 4.90 Å². The van der Waals surface area contributed by atoms with Crippen molar-refractivity contribution in [2.45, 2.75) is 29.5 Å². The molecular weight excluding hydrogens is 376 g/mol. The zero-order valence-electron chi connectivity index (χ0n) is 15.0. The van der Waals surface area contributed by atoms with Crippen LogP contribution < -0.4 is 10.2 Å². The van der Waals surface area contributed by atoms with Crippen molar-refractivity contribution in [3.8, 4) is 5.69 Å². The smallest absolute Gasteiger partial charge is 0.261 e. The third kappa shape index (κ3) is 2.43. The fourth-order valence-corrected chi connectivity index (χ4v) is 5.10. The Morgan fingerprint density at radius 1 is 1.25 bits per heavy atom. The molecule has 1 fully saturated rings. The summed E-state index contributed by atoms with van der Waals surface area (Å²) in [5.74, 6) is -0.219.